The van der Waals surface area contributed by atoms with E-state index in [1.54, 1.807) is 0 Å². The van der Waals surface area contributed by atoms with E-state index < -0.39 is 0 Å². The molecule has 2 atom stereocenters. The Morgan fingerprint density at radius 3 is 2.06 bits per heavy atom. The molecule has 0 spiro atoms. The molecule has 3 aliphatic rings. The Bertz CT molecular complexity index is 2120. The van der Waals surface area contributed by atoms with Gasteiger partial charge in [-0.05, 0) is 94.9 Å². The van der Waals surface area contributed by atoms with E-state index in [9.17, 15) is 5.26 Å². The number of nitrogens with zero attached hydrogens (tertiary/aromatic N) is 4. The Morgan fingerprint density at radius 1 is 0.617 bits per heavy atom. The molecule has 0 radical (unpaired) electrons. The summed E-state index contributed by atoms with van der Waals surface area (Å²) in [5, 5.41) is 11.5. The van der Waals surface area contributed by atoms with Crippen LogP contribution in [0.4, 0.5) is 0 Å². The fraction of sp³-hybridized carbons (Fsp3) is 0.256. The minimum absolute atomic E-state index is 0.217. The van der Waals surface area contributed by atoms with E-state index >= 15 is 0 Å². The van der Waals surface area contributed by atoms with Crippen LogP contribution >= 0.6 is 0 Å². The first-order valence-electron chi connectivity index (χ1n) is 16.9. The van der Waals surface area contributed by atoms with E-state index in [0.717, 1.165) is 56.3 Å². The van der Waals surface area contributed by atoms with Gasteiger partial charge < -0.3 is 0 Å². The van der Waals surface area contributed by atoms with Crippen molar-refractivity contribution in [3.8, 4) is 51.4 Å². The molecule has 3 aliphatic carbocycles. The van der Waals surface area contributed by atoms with Crippen LogP contribution in [-0.2, 0) is 5.41 Å². The van der Waals surface area contributed by atoms with Crippen LogP contribution in [0, 0.1) is 29.1 Å². The molecule has 47 heavy (non-hydrogen) atoms. The van der Waals surface area contributed by atoms with Crippen LogP contribution in [0.5, 0.6) is 0 Å². The van der Waals surface area contributed by atoms with Gasteiger partial charge in [-0.1, -0.05) is 117 Å². The molecule has 5 aromatic carbocycles. The van der Waals surface area contributed by atoms with Gasteiger partial charge in [-0.25, -0.2) is 15.0 Å². The molecule has 0 saturated heterocycles. The molecule has 1 heterocycles. The van der Waals surface area contributed by atoms with Gasteiger partial charge in [-0.3, -0.25) is 0 Å². The highest BCUT2D eigenvalue weighted by Gasteiger charge is 2.41. The van der Waals surface area contributed by atoms with Gasteiger partial charge in [-0.2, -0.15) is 5.26 Å². The Balaban J connectivity index is 1.21. The Kier molecular flexibility index (Phi) is 7.41. The Hall–Kier alpha value is -5.14. The zero-order valence-corrected chi connectivity index (χ0v) is 27.0. The number of aromatic nitrogens is 3. The maximum absolute atomic E-state index is 9.62. The van der Waals surface area contributed by atoms with Crippen LogP contribution in [-0.4, -0.2) is 15.0 Å². The van der Waals surface area contributed by atoms with Crippen molar-refractivity contribution in [2.75, 3.05) is 0 Å². The first kappa shape index (κ1) is 29.3. The van der Waals surface area contributed by atoms with Crippen molar-refractivity contribution in [2.45, 2.75) is 51.4 Å². The summed E-state index contributed by atoms with van der Waals surface area (Å²) in [5.41, 5.74) is 7.39. The highest BCUT2D eigenvalue weighted by molar-refractivity contribution is 5.91. The van der Waals surface area contributed by atoms with Crippen LogP contribution in [0.3, 0.4) is 0 Å². The SMILES string of the molecule is C[C@H]1CC2CC(C2)CC(C)(c2ccc(-c3ccccc3-c3nc(-c4ccccc4)nc(-c4ccc5c(C#N)cccc5c4)n3)cc2)C1. The number of fused-ring (bicyclic) bond motifs is 5. The molecule has 0 N–H and O–H groups in total. The molecular formula is C43H38N4. The number of rotatable bonds is 5. The summed E-state index contributed by atoms with van der Waals surface area (Å²) >= 11 is 0. The second-order valence-corrected chi connectivity index (χ2v) is 14.2. The van der Waals surface area contributed by atoms with E-state index in [-0.39, 0.29) is 5.41 Å². The molecule has 1 aromatic heterocycles. The molecule has 3 saturated carbocycles. The van der Waals surface area contributed by atoms with Crippen LogP contribution in [0.25, 0.3) is 56.1 Å². The van der Waals surface area contributed by atoms with E-state index in [1.807, 2.05) is 60.7 Å². The maximum atomic E-state index is 9.62. The zero-order chi connectivity index (χ0) is 32.0. The fourth-order valence-corrected chi connectivity index (χ4v) is 8.45. The van der Waals surface area contributed by atoms with Gasteiger partial charge in [0, 0.05) is 16.7 Å². The van der Waals surface area contributed by atoms with Crippen molar-refractivity contribution >= 4 is 10.8 Å². The molecule has 3 fully saturated rings. The summed E-state index contributed by atoms with van der Waals surface area (Å²) in [6.45, 7) is 4.95. The predicted octanol–water partition coefficient (Wildman–Crippen LogP) is 10.7. The van der Waals surface area contributed by atoms with Gasteiger partial charge in [0.25, 0.3) is 0 Å². The van der Waals surface area contributed by atoms with Gasteiger partial charge in [0.15, 0.2) is 17.5 Å². The molecule has 1 unspecified atom stereocenters. The van der Waals surface area contributed by atoms with Crippen molar-refractivity contribution < 1.29 is 0 Å². The Labute approximate surface area is 277 Å². The average molecular weight is 611 g/mol. The molecule has 0 aliphatic heterocycles. The smallest absolute Gasteiger partial charge is 0.164 e. The second-order valence-electron chi connectivity index (χ2n) is 14.2. The van der Waals surface area contributed by atoms with Crippen LogP contribution in [0.1, 0.15) is 57.1 Å². The number of hydrogen-bond acceptors (Lipinski definition) is 4. The van der Waals surface area contributed by atoms with E-state index in [1.165, 1.54) is 37.7 Å². The number of nitriles is 1. The van der Waals surface area contributed by atoms with Gasteiger partial charge in [0.1, 0.15) is 0 Å². The summed E-state index contributed by atoms with van der Waals surface area (Å²) in [6.07, 6.45) is 6.79. The lowest BCUT2D eigenvalue weighted by Crippen LogP contribution is -2.38. The minimum atomic E-state index is 0.217. The lowest BCUT2D eigenvalue weighted by molar-refractivity contribution is 0.0834. The van der Waals surface area contributed by atoms with Crippen molar-refractivity contribution in [2.24, 2.45) is 17.8 Å². The fourth-order valence-electron chi connectivity index (χ4n) is 8.45. The molecule has 4 heteroatoms. The second kappa shape index (κ2) is 11.9. The lowest BCUT2D eigenvalue weighted by Gasteiger charge is -2.47. The average Bonchev–Trinajstić information content (AvgIpc) is 3.09. The molecule has 6 aromatic rings. The van der Waals surface area contributed by atoms with Crippen LogP contribution in [0.15, 0.2) is 115 Å². The summed E-state index contributed by atoms with van der Waals surface area (Å²) in [7, 11) is 0. The largest absolute Gasteiger partial charge is 0.208 e. The highest BCUT2D eigenvalue weighted by Crippen LogP contribution is 2.51. The first-order valence-corrected chi connectivity index (χ1v) is 16.9. The van der Waals surface area contributed by atoms with Crippen molar-refractivity contribution in [1.82, 2.24) is 15.0 Å². The lowest BCUT2D eigenvalue weighted by atomic mass is 9.58. The number of hydrogen-bond donors (Lipinski definition) is 0. The van der Waals surface area contributed by atoms with Crippen LogP contribution < -0.4 is 0 Å². The monoisotopic (exact) mass is 610 g/mol. The van der Waals surface area contributed by atoms with Crippen molar-refractivity contribution in [3.63, 3.8) is 0 Å². The Morgan fingerprint density at radius 2 is 1.30 bits per heavy atom. The van der Waals surface area contributed by atoms with Crippen LogP contribution in [0.2, 0.25) is 0 Å². The molecule has 0 amide bonds. The predicted molar refractivity (Wildman–Crippen MR) is 190 cm³/mol. The molecular weight excluding hydrogens is 573 g/mol. The van der Waals surface area contributed by atoms with Crippen molar-refractivity contribution in [1.29, 1.82) is 5.26 Å². The van der Waals surface area contributed by atoms with Gasteiger partial charge in [0.05, 0.1) is 11.6 Å². The highest BCUT2D eigenvalue weighted by atomic mass is 15.0. The summed E-state index contributed by atoms with van der Waals surface area (Å²) in [4.78, 5) is 15.1. The van der Waals surface area contributed by atoms with E-state index in [4.69, 9.17) is 15.0 Å². The van der Waals surface area contributed by atoms with Gasteiger partial charge in [-0.15, -0.1) is 0 Å². The summed E-state index contributed by atoms with van der Waals surface area (Å²) < 4.78 is 0. The third-order valence-electron chi connectivity index (χ3n) is 10.6. The molecule has 9 rings (SSSR count). The quantitative estimate of drug-likeness (QED) is 0.195. The van der Waals surface area contributed by atoms with E-state index in [0.29, 0.717) is 23.0 Å². The van der Waals surface area contributed by atoms with Gasteiger partial charge >= 0.3 is 0 Å². The minimum Gasteiger partial charge on any atom is -0.208 e. The summed E-state index contributed by atoms with van der Waals surface area (Å²) in [6, 6.07) is 42.0. The zero-order valence-electron chi connectivity index (χ0n) is 27.0. The first-order chi connectivity index (χ1) is 23.0. The molecule has 230 valence electrons. The molecule has 4 nitrogen and oxygen atoms in total. The maximum Gasteiger partial charge on any atom is 0.164 e. The molecule has 2 bridgehead atoms. The normalized spacial score (nSPS) is 22.1. The third-order valence-corrected chi connectivity index (χ3v) is 10.6. The van der Waals surface area contributed by atoms with Gasteiger partial charge in [0.2, 0.25) is 0 Å². The number of benzene rings is 5. The topological polar surface area (TPSA) is 62.5 Å². The third kappa shape index (κ3) is 5.61. The van der Waals surface area contributed by atoms with Crippen molar-refractivity contribution in [3.05, 3.63) is 126 Å². The summed E-state index contributed by atoms with van der Waals surface area (Å²) in [5.74, 6) is 4.48. The van der Waals surface area contributed by atoms with E-state index in [2.05, 4.69) is 74.5 Å². The standard InChI is InChI=1S/C43H38N4/c1-28-21-29-22-30(23-29)26-43(2,25-28)36-18-15-31(16-19-36)38-13-6-7-14-39(38)42-46-40(32-9-4-3-5-10-32)45-41(47-42)34-17-20-37-33(24-34)11-8-12-35(37)27-44/h3-20,24,28-30H,21-23,25-26H2,1-2H3/t28-,29?,30?,43?/m0/s1.